The van der Waals surface area contributed by atoms with E-state index in [-0.39, 0.29) is 17.5 Å². The first-order chi connectivity index (χ1) is 13.0. The SMILES string of the molecule is CC(C)(C)NC(=O)N1CCC(CNC(=O)C(C)(C)Oc2ccc(Cl)cc2)CC1. The minimum Gasteiger partial charge on any atom is -0.478 e. The highest BCUT2D eigenvalue weighted by molar-refractivity contribution is 6.30. The highest BCUT2D eigenvalue weighted by Gasteiger charge is 2.31. The molecule has 0 atom stereocenters. The maximum atomic E-state index is 12.6. The number of piperidine rings is 1. The molecule has 3 amide bonds. The van der Waals surface area contributed by atoms with Gasteiger partial charge < -0.3 is 20.3 Å². The number of amides is 3. The lowest BCUT2D eigenvalue weighted by atomic mass is 9.96. The molecule has 0 saturated carbocycles. The Kier molecular flexibility index (Phi) is 7.21. The molecule has 1 aliphatic rings. The van der Waals surface area contributed by atoms with Crippen LogP contribution in [0.5, 0.6) is 5.75 Å². The topological polar surface area (TPSA) is 70.7 Å². The Morgan fingerprint density at radius 2 is 1.68 bits per heavy atom. The predicted octanol–water partition coefficient (Wildman–Crippen LogP) is 3.83. The third kappa shape index (κ3) is 6.89. The van der Waals surface area contributed by atoms with Crippen molar-refractivity contribution >= 4 is 23.5 Å². The van der Waals surface area contributed by atoms with Crippen LogP contribution in [-0.4, -0.2) is 47.6 Å². The zero-order valence-electron chi connectivity index (χ0n) is 17.5. The molecule has 1 aliphatic heterocycles. The summed E-state index contributed by atoms with van der Waals surface area (Å²) in [6, 6.07) is 6.93. The Bertz CT molecular complexity index is 675. The van der Waals surface area contributed by atoms with Gasteiger partial charge >= 0.3 is 6.03 Å². The normalized spacial score (nSPS) is 15.9. The van der Waals surface area contributed by atoms with Crippen molar-refractivity contribution in [3.63, 3.8) is 0 Å². The summed E-state index contributed by atoms with van der Waals surface area (Å²) < 4.78 is 5.82. The van der Waals surface area contributed by atoms with Crippen LogP contribution < -0.4 is 15.4 Å². The highest BCUT2D eigenvalue weighted by atomic mass is 35.5. The van der Waals surface area contributed by atoms with Crippen molar-refractivity contribution in [1.29, 1.82) is 0 Å². The van der Waals surface area contributed by atoms with Crippen molar-refractivity contribution in [2.45, 2.75) is 58.6 Å². The van der Waals surface area contributed by atoms with Crippen LogP contribution >= 0.6 is 11.6 Å². The largest absolute Gasteiger partial charge is 0.478 e. The minimum atomic E-state index is -0.985. The number of hydrogen-bond donors (Lipinski definition) is 2. The maximum absolute atomic E-state index is 12.6. The van der Waals surface area contributed by atoms with E-state index >= 15 is 0 Å². The van der Waals surface area contributed by atoms with Gasteiger partial charge in [-0.15, -0.1) is 0 Å². The summed E-state index contributed by atoms with van der Waals surface area (Å²) in [5.74, 6) is 0.798. The van der Waals surface area contributed by atoms with E-state index in [0.29, 0.717) is 36.3 Å². The summed E-state index contributed by atoms with van der Waals surface area (Å²) >= 11 is 5.88. The molecule has 0 unspecified atom stereocenters. The van der Waals surface area contributed by atoms with E-state index in [2.05, 4.69) is 10.6 Å². The second-order valence-corrected chi connectivity index (χ2v) is 9.32. The van der Waals surface area contributed by atoms with E-state index in [1.54, 1.807) is 38.1 Å². The quantitative estimate of drug-likeness (QED) is 0.776. The van der Waals surface area contributed by atoms with Gasteiger partial charge in [0.2, 0.25) is 0 Å². The molecule has 1 saturated heterocycles. The third-order valence-electron chi connectivity index (χ3n) is 4.67. The molecule has 7 heteroatoms. The first kappa shape index (κ1) is 22.3. The number of urea groups is 1. The molecule has 0 aliphatic carbocycles. The van der Waals surface area contributed by atoms with Crippen LogP contribution in [0, 0.1) is 5.92 Å². The molecule has 28 heavy (non-hydrogen) atoms. The number of halogens is 1. The van der Waals surface area contributed by atoms with Gasteiger partial charge in [0.15, 0.2) is 5.60 Å². The van der Waals surface area contributed by atoms with Crippen LogP contribution in [0.3, 0.4) is 0 Å². The van der Waals surface area contributed by atoms with Crippen molar-refractivity contribution in [2.75, 3.05) is 19.6 Å². The Hall–Kier alpha value is -1.95. The van der Waals surface area contributed by atoms with Crippen LogP contribution in [-0.2, 0) is 4.79 Å². The summed E-state index contributed by atoms with van der Waals surface area (Å²) in [5, 5.41) is 6.61. The second-order valence-electron chi connectivity index (χ2n) is 8.89. The summed E-state index contributed by atoms with van der Waals surface area (Å²) in [7, 11) is 0. The van der Waals surface area contributed by atoms with Gasteiger partial charge in [-0.3, -0.25) is 4.79 Å². The Labute approximate surface area is 172 Å². The molecule has 6 nitrogen and oxygen atoms in total. The van der Waals surface area contributed by atoms with E-state index in [4.69, 9.17) is 16.3 Å². The fourth-order valence-electron chi connectivity index (χ4n) is 3.03. The average Bonchev–Trinajstić information content (AvgIpc) is 2.60. The lowest BCUT2D eigenvalue weighted by molar-refractivity contribution is -0.134. The summed E-state index contributed by atoms with van der Waals surface area (Å²) in [6.45, 7) is 11.4. The Balaban J connectivity index is 1.77. The number of hydrogen-bond acceptors (Lipinski definition) is 3. The fraction of sp³-hybridized carbons (Fsp3) is 0.619. The lowest BCUT2D eigenvalue weighted by Crippen LogP contribution is -2.52. The third-order valence-corrected chi connectivity index (χ3v) is 4.92. The number of rotatable bonds is 5. The zero-order chi connectivity index (χ0) is 20.9. The molecule has 0 aromatic heterocycles. The molecular weight excluding hydrogens is 378 g/mol. The molecule has 0 spiro atoms. The Morgan fingerprint density at radius 1 is 1.11 bits per heavy atom. The molecule has 1 aromatic carbocycles. The molecular formula is C21H32ClN3O3. The first-order valence-corrected chi connectivity index (χ1v) is 10.1. The van der Waals surface area contributed by atoms with Gasteiger partial charge in [-0.2, -0.15) is 0 Å². The van der Waals surface area contributed by atoms with Gasteiger partial charge in [0.05, 0.1) is 0 Å². The van der Waals surface area contributed by atoms with Crippen molar-refractivity contribution in [2.24, 2.45) is 5.92 Å². The number of likely N-dealkylation sites (tertiary alicyclic amines) is 1. The molecule has 1 heterocycles. The highest BCUT2D eigenvalue weighted by Crippen LogP contribution is 2.22. The fourth-order valence-corrected chi connectivity index (χ4v) is 3.16. The maximum Gasteiger partial charge on any atom is 0.317 e. The zero-order valence-corrected chi connectivity index (χ0v) is 18.2. The van der Waals surface area contributed by atoms with E-state index < -0.39 is 5.60 Å². The van der Waals surface area contributed by atoms with E-state index in [1.165, 1.54) is 0 Å². The number of carbonyl (C=O) groups excluding carboxylic acids is 2. The van der Waals surface area contributed by atoms with Gasteiger partial charge in [-0.25, -0.2) is 4.79 Å². The lowest BCUT2D eigenvalue weighted by Gasteiger charge is -2.34. The number of benzene rings is 1. The van der Waals surface area contributed by atoms with Crippen LogP contribution in [0.1, 0.15) is 47.5 Å². The molecule has 0 radical (unpaired) electrons. The first-order valence-electron chi connectivity index (χ1n) is 9.76. The van der Waals surface area contributed by atoms with Crippen molar-refractivity contribution in [3.8, 4) is 5.75 Å². The van der Waals surface area contributed by atoms with Crippen LogP contribution in [0.25, 0.3) is 0 Å². The van der Waals surface area contributed by atoms with Gasteiger partial charge in [0.25, 0.3) is 5.91 Å². The van der Waals surface area contributed by atoms with Gasteiger partial charge in [-0.1, -0.05) is 11.6 Å². The second kappa shape index (κ2) is 9.03. The Morgan fingerprint density at radius 3 is 2.21 bits per heavy atom. The van der Waals surface area contributed by atoms with E-state index in [0.717, 1.165) is 12.8 Å². The van der Waals surface area contributed by atoms with Crippen LogP contribution in [0.2, 0.25) is 5.02 Å². The standard InChI is InChI=1S/C21H32ClN3O3/c1-20(2,3)24-19(27)25-12-10-15(11-13-25)14-23-18(26)21(4,5)28-17-8-6-16(22)7-9-17/h6-9,15H,10-14H2,1-5H3,(H,23,26)(H,24,27). The number of carbonyl (C=O) groups is 2. The average molecular weight is 410 g/mol. The number of ether oxygens (including phenoxy) is 1. The van der Waals surface area contributed by atoms with Crippen LogP contribution in [0.15, 0.2) is 24.3 Å². The van der Waals surface area contributed by atoms with E-state index in [9.17, 15) is 9.59 Å². The van der Waals surface area contributed by atoms with E-state index in [1.807, 2.05) is 25.7 Å². The molecule has 0 bridgehead atoms. The monoisotopic (exact) mass is 409 g/mol. The predicted molar refractivity (Wildman–Crippen MR) is 112 cm³/mol. The van der Waals surface area contributed by atoms with Gasteiger partial charge in [0, 0.05) is 30.2 Å². The van der Waals surface area contributed by atoms with Crippen molar-refractivity contribution < 1.29 is 14.3 Å². The van der Waals surface area contributed by atoms with Crippen LogP contribution in [0.4, 0.5) is 4.79 Å². The molecule has 2 rings (SSSR count). The molecule has 2 N–H and O–H groups in total. The summed E-state index contributed by atoms with van der Waals surface area (Å²) in [4.78, 5) is 26.6. The number of nitrogens with zero attached hydrogens (tertiary/aromatic N) is 1. The van der Waals surface area contributed by atoms with Gasteiger partial charge in [0.1, 0.15) is 5.75 Å². The molecule has 156 valence electrons. The molecule has 1 aromatic rings. The molecule has 1 fully saturated rings. The van der Waals surface area contributed by atoms with Crippen molar-refractivity contribution in [3.05, 3.63) is 29.3 Å². The van der Waals surface area contributed by atoms with Crippen molar-refractivity contribution in [1.82, 2.24) is 15.5 Å². The summed E-state index contributed by atoms with van der Waals surface area (Å²) in [5.41, 5.74) is -1.22. The van der Waals surface area contributed by atoms with Gasteiger partial charge in [-0.05, 0) is 77.6 Å². The smallest absolute Gasteiger partial charge is 0.317 e. The summed E-state index contributed by atoms with van der Waals surface area (Å²) in [6.07, 6.45) is 1.74. The minimum absolute atomic E-state index is 0.0208. The number of nitrogens with one attached hydrogen (secondary N) is 2.